The van der Waals surface area contributed by atoms with Gasteiger partial charge in [-0.15, -0.1) is 0 Å². The number of hydrogen-bond donors (Lipinski definition) is 2. The standard InChI is InChI=1S/C14H17NO3/c1-14(2,3)18-13(17)15-12-8-4-6-11(10-12)7-5-9-16/h4,6,8,10,16H,9H2,1-3H3,(H,15,17). The third kappa shape index (κ3) is 5.37. The summed E-state index contributed by atoms with van der Waals surface area (Å²) in [5.41, 5.74) is 0.796. The van der Waals surface area contributed by atoms with Crippen LogP contribution in [0.25, 0.3) is 0 Å². The third-order valence-corrected chi connectivity index (χ3v) is 1.82. The van der Waals surface area contributed by atoms with Gasteiger partial charge in [0.2, 0.25) is 0 Å². The molecule has 0 aromatic heterocycles. The van der Waals surface area contributed by atoms with Gasteiger partial charge in [0.05, 0.1) is 0 Å². The van der Waals surface area contributed by atoms with Crippen LogP contribution in [-0.2, 0) is 4.74 Å². The van der Waals surface area contributed by atoms with Crippen molar-refractivity contribution >= 4 is 11.8 Å². The molecule has 1 rings (SSSR count). The zero-order valence-electron chi connectivity index (χ0n) is 10.8. The maximum atomic E-state index is 11.5. The molecule has 0 aliphatic heterocycles. The molecule has 2 N–H and O–H groups in total. The van der Waals surface area contributed by atoms with Gasteiger partial charge in [-0.25, -0.2) is 4.79 Å². The molecule has 96 valence electrons. The molecule has 0 saturated carbocycles. The minimum absolute atomic E-state index is 0.191. The van der Waals surface area contributed by atoms with Crippen molar-refractivity contribution in [3.63, 3.8) is 0 Å². The average molecular weight is 247 g/mol. The van der Waals surface area contributed by atoms with Gasteiger partial charge >= 0.3 is 6.09 Å². The number of rotatable bonds is 1. The van der Waals surface area contributed by atoms with Crippen LogP contribution in [0.2, 0.25) is 0 Å². The molecular weight excluding hydrogens is 230 g/mol. The highest BCUT2D eigenvalue weighted by Gasteiger charge is 2.15. The number of aliphatic hydroxyl groups excluding tert-OH is 1. The van der Waals surface area contributed by atoms with Crippen molar-refractivity contribution in [2.24, 2.45) is 0 Å². The molecule has 0 atom stereocenters. The fourth-order valence-corrected chi connectivity index (χ4v) is 1.24. The second-order valence-corrected chi connectivity index (χ2v) is 4.67. The molecule has 1 aromatic carbocycles. The van der Waals surface area contributed by atoms with Crippen LogP contribution in [0.1, 0.15) is 26.3 Å². The third-order valence-electron chi connectivity index (χ3n) is 1.82. The van der Waals surface area contributed by atoms with Crippen LogP contribution in [0.5, 0.6) is 0 Å². The average Bonchev–Trinajstić information content (AvgIpc) is 2.24. The van der Waals surface area contributed by atoms with Crippen molar-refractivity contribution in [3.8, 4) is 11.8 Å². The molecule has 0 saturated heterocycles. The Hall–Kier alpha value is -1.99. The quantitative estimate of drug-likeness (QED) is 0.749. The van der Waals surface area contributed by atoms with Gasteiger partial charge in [-0.1, -0.05) is 17.9 Å². The van der Waals surface area contributed by atoms with Crippen molar-refractivity contribution in [3.05, 3.63) is 29.8 Å². The number of amides is 1. The molecule has 4 heteroatoms. The zero-order valence-corrected chi connectivity index (χ0v) is 10.8. The summed E-state index contributed by atoms with van der Waals surface area (Å²) in [5, 5.41) is 11.2. The molecule has 0 radical (unpaired) electrons. The first-order valence-electron chi connectivity index (χ1n) is 5.60. The van der Waals surface area contributed by atoms with Gasteiger partial charge < -0.3 is 9.84 Å². The van der Waals surface area contributed by atoms with Crippen LogP contribution >= 0.6 is 0 Å². The number of hydrogen-bond acceptors (Lipinski definition) is 3. The molecule has 0 bridgehead atoms. The molecule has 0 spiro atoms. The maximum Gasteiger partial charge on any atom is 0.412 e. The van der Waals surface area contributed by atoms with Gasteiger partial charge in [-0.3, -0.25) is 5.32 Å². The number of anilines is 1. The van der Waals surface area contributed by atoms with E-state index in [0.717, 1.165) is 5.56 Å². The smallest absolute Gasteiger partial charge is 0.412 e. The topological polar surface area (TPSA) is 58.6 Å². The number of carbonyl (C=O) groups excluding carboxylic acids is 1. The summed E-state index contributed by atoms with van der Waals surface area (Å²) in [7, 11) is 0. The molecular formula is C14H17NO3. The van der Waals surface area contributed by atoms with Gasteiger partial charge in [0.1, 0.15) is 12.2 Å². The SMILES string of the molecule is CC(C)(C)OC(=O)Nc1cccc(C#CCO)c1. The summed E-state index contributed by atoms with van der Waals surface area (Å²) in [4.78, 5) is 11.5. The summed E-state index contributed by atoms with van der Waals surface area (Å²) in [5.74, 6) is 5.31. The highest BCUT2D eigenvalue weighted by molar-refractivity contribution is 5.85. The van der Waals surface area contributed by atoms with Crippen LogP contribution < -0.4 is 5.32 Å². The Bertz CT molecular complexity index is 478. The summed E-state index contributed by atoms with van der Waals surface area (Å²) in [6.07, 6.45) is -0.505. The normalized spacial score (nSPS) is 10.2. The largest absolute Gasteiger partial charge is 0.444 e. The van der Waals surface area contributed by atoms with E-state index >= 15 is 0 Å². The monoisotopic (exact) mass is 247 g/mol. The minimum Gasteiger partial charge on any atom is -0.444 e. The Balaban J connectivity index is 2.70. The van der Waals surface area contributed by atoms with E-state index in [-0.39, 0.29) is 6.61 Å². The Morgan fingerprint density at radius 3 is 2.78 bits per heavy atom. The molecule has 18 heavy (non-hydrogen) atoms. The van der Waals surface area contributed by atoms with E-state index in [9.17, 15) is 4.79 Å². The number of carbonyl (C=O) groups is 1. The minimum atomic E-state index is -0.529. The lowest BCUT2D eigenvalue weighted by atomic mass is 10.2. The Labute approximate surface area is 107 Å². The predicted octanol–water partition coefficient (Wildman–Crippen LogP) is 2.38. The number of nitrogens with one attached hydrogen (secondary N) is 1. The summed E-state index contributed by atoms with van der Waals surface area (Å²) in [6.45, 7) is 5.21. The van der Waals surface area contributed by atoms with E-state index in [1.165, 1.54) is 0 Å². The molecule has 4 nitrogen and oxygen atoms in total. The van der Waals surface area contributed by atoms with Crippen LogP contribution in [-0.4, -0.2) is 23.4 Å². The zero-order chi connectivity index (χ0) is 13.6. The molecule has 0 aliphatic rings. The summed E-state index contributed by atoms with van der Waals surface area (Å²) < 4.78 is 5.14. The summed E-state index contributed by atoms with van der Waals surface area (Å²) in [6, 6.07) is 7.03. The lowest BCUT2D eigenvalue weighted by molar-refractivity contribution is 0.0636. The van der Waals surface area contributed by atoms with Crippen LogP contribution in [0.15, 0.2) is 24.3 Å². The van der Waals surface area contributed by atoms with Crippen molar-refractivity contribution in [2.75, 3.05) is 11.9 Å². The van der Waals surface area contributed by atoms with Crippen LogP contribution in [0.3, 0.4) is 0 Å². The number of benzene rings is 1. The van der Waals surface area contributed by atoms with Gasteiger partial charge in [0.15, 0.2) is 0 Å². The first kappa shape index (κ1) is 14.1. The fraction of sp³-hybridized carbons (Fsp3) is 0.357. The molecule has 0 unspecified atom stereocenters. The van der Waals surface area contributed by atoms with E-state index in [1.54, 1.807) is 45.0 Å². The number of ether oxygens (including phenoxy) is 1. The molecule has 0 heterocycles. The highest BCUT2D eigenvalue weighted by Crippen LogP contribution is 2.13. The Kier molecular flexibility index (Phi) is 4.75. The van der Waals surface area contributed by atoms with Crippen molar-refractivity contribution in [1.29, 1.82) is 0 Å². The maximum absolute atomic E-state index is 11.5. The lowest BCUT2D eigenvalue weighted by Crippen LogP contribution is -2.27. The molecule has 0 fully saturated rings. The highest BCUT2D eigenvalue weighted by atomic mass is 16.6. The summed E-state index contributed by atoms with van der Waals surface area (Å²) >= 11 is 0. The van der Waals surface area contributed by atoms with Crippen molar-refractivity contribution in [2.45, 2.75) is 26.4 Å². The van der Waals surface area contributed by atoms with E-state index in [4.69, 9.17) is 9.84 Å². The van der Waals surface area contributed by atoms with Gasteiger partial charge in [-0.2, -0.15) is 0 Å². The van der Waals surface area contributed by atoms with E-state index < -0.39 is 11.7 Å². The first-order chi connectivity index (χ1) is 8.40. The number of aliphatic hydroxyl groups is 1. The van der Waals surface area contributed by atoms with E-state index in [2.05, 4.69) is 17.2 Å². The Morgan fingerprint density at radius 1 is 1.44 bits per heavy atom. The van der Waals surface area contributed by atoms with E-state index in [0.29, 0.717) is 5.69 Å². The van der Waals surface area contributed by atoms with Crippen molar-refractivity contribution in [1.82, 2.24) is 0 Å². The van der Waals surface area contributed by atoms with Crippen LogP contribution in [0, 0.1) is 11.8 Å². The molecule has 1 amide bonds. The predicted molar refractivity (Wildman–Crippen MR) is 70.3 cm³/mol. The molecule has 1 aromatic rings. The first-order valence-corrected chi connectivity index (χ1v) is 5.60. The molecule has 0 aliphatic carbocycles. The van der Waals surface area contributed by atoms with Crippen molar-refractivity contribution < 1.29 is 14.6 Å². The van der Waals surface area contributed by atoms with Gasteiger partial charge in [-0.05, 0) is 39.0 Å². The Morgan fingerprint density at radius 2 is 2.17 bits per heavy atom. The second-order valence-electron chi connectivity index (χ2n) is 4.67. The lowest BCUT2D eigenvalue weighted by Gasteiger charge is -2.19. The van der Waals surface area contributed by atoms with Crippen LogP contribution in [0.4, 0.5) is 10.5 Å². The van der Waals surface area contributed by atoms with Gasteiger partial charge in [0.25, 0.3) is 0 Å². The second kappa shape index (κ2) is 6.08. The van der Waals surface area contributed by atoms with E-state index in [1.807, 2.05) is 0 Å². The fourth-order valence-electron chi connectivity index (χ4n) is 1.24. The van der Waals surface area contributed by atoms with Gasteiger partial charge in [0, 0.05) is 11.3 Å².